The number of Topliss-reactive ketones (excluding diaryl/α,β-unsaturated/α-hetero) is 1. The fraction of sp³-hybridized carbons (Fsp3) is 0.118. The quantitative estimate of drug-likeness (QED) is 0.845. The highest BCUT2D eigenvalue weighted by Crippen LogP contribution is 2.43. The van der Waals surface area contributed by atoms with E-state index in [0.717, 1.165) is 4.90 Å². The first-order valence-corrected chi connectivity index (χ1v) is 7.15. The second kappa shape index (κ2) is 4.67. The van der Waals surface area contributed by atoms with Crippen LogP contribution in [0, 0.1) is 0 Å². The Balaban J connectivity index is 1.81. The van der Waals surface area contributed by atoms with Crippen molar-refractivity contribution in [3.8, 4) is 0 Å². The number of hydrogen-bond donors (Lipinski definition) is 2. The van der Waals surface area contributed by atoms with Gasteiger partial charge in [0.1, 0.15) is 6.04 Å². The molecule has 2 heterocycles. The van der Waals surface area contributed by atoms with Gasteiger partial charge in [0.2, 0.25) is 5.91 Å². The van der Waals surface area contributed by atoms with Crippen molar-refractivity contribution >= 4 is 29.2 Å². The van der Waals surface area contributed by atoms with Gasteiger partial charge in [0.05, 0.1) is 11.6 Å². The van der Waals surface area contributed by atoms with Gasteiger partial charge in [-0.1, -0.05) is 30.3 Å². The van der Waals surface area contributed by atoms with E-state index in [9.17, 15) is 19.5 Å². The normalized spacial score (nSPS) is 21.8. The molecule has 2 aliphatic rings. The summed E-state index contributed by atoms with van der Waals surface area (Å²) in [6.07, 6.45) is -1.34. The number of fused-ring (bicyclic) bond motifs is 2. The Morgan fingerprint density at radius 3 is 2.48 bits per heavy atom. The van der Waals surface area contributed by atoms with Crippen molar-refractivity contribution in [1.29, 1.82) is 0 Å². The van der Waals surface area contributed by atoms with Crippen LogP contribution in [0.15, 0.2) is 48.5 Å². The smallest absolute Gasteiger partial charge is 0.418 e. The second-order valence-corrected chi connectivity index (χ2v) is 5.52. The van der Waals surface area contributed by atoms with Gasteiger partial charge in [-0.15, -0.1) is 0 Å². The lowest BCUT2D eigenvalue weighted by Gasteiger charge is -2.17. The van der Waals surface area contributed by atoms with Gasteiger partial charge >= 0.3 is 6.09 Å². The third-order valence-corrected chi connectivity index (χ3v) is 4.31. The van der Waals surface area contributed by atoms with Crippen molar-refractivity contribution < 1.29 is 19.5 Å². The lowest BCUT2D eigenvalue weighted by atomic mass is 9.90. The summed E-state index contributed by atoms with van der Waals surface area (Å²) in [5.41, 5.74) is 2.07. The molecule has 2 atom stereocenters. The summed E-state index contributed by atoms with van der Waals surface area (Å²) in [5.74, 6) is -1.64. The summed E-state index contributed by atoms with van der Waals surface area (Å²) in [7, 11) is 0. The van der Waals surface area contributed by atoms with Crippen LogP contribution in [0.25, 0.3) is 0 Å². The first-order valence-electron chi connectivity index (χ1n) is 7.15. The summed E-state index contributed by atoms with van der Waals surface area (Å²) in [5, 5.41) is 12.4. The zero-order chi connectivity index (χ0) is 16.1. The average Bonchev–Trinajstić information content (AvgIpc) is 3.01. The molecule has 2 aromatic rings. The maximum Gasteiger partial charge on any atom is 0.418 e. The Morgan fingerprint density at radius 2 is 1.74 bits per heavy atom. The zero-order valence-corrected chi connectivity index (χ0v) is 11.9. The highest BCUT2D eigenvalue weighted by molar-refractivity contribution is 6.22. The SMILES string of the molecule is O=C1c2ccccc2NC1C1C(=O)N(C(=O)O)c2ccccc21. The highest BCUT2D eigenvalue weighted by Gasteiger charge is 2.49. The van der Waals surface area contributed by atoms with E-state index in [-0.39, 0.29) is 5.78 Å². The lowest BCUT2D eigenvalue weighted by molar-refractivity contribution is -0.118. The summed E-state index contributed by atoms with van der Waals surface area (Å²) >= 11 is 0. The van der Waals surface area contributed by atoms with E-state index in [4.69, 9.17) is 0 Å². The summed E-state index contributed by atoms with van der Waals surface area (Å²) in [4.78, 5) is 37.4. The molecular weight excluding hydrogens is 296 g/mol. The van der Waals surface area contributed by atoms with Crippen LogP contribution in [-0.4, -0.2) is 28.9 Å². The molecule has 0 spiro atoms. The van der Waals surface area contributed by atoms with Crippen molar-refractivity contribution in [2.45, 2.75) is 12.0 Å². The molecule has 2 aromatic carbocycles. The van der Waals surface area contributed by atoms with E-state index in [1.54, 1.807) is 48.5 Å². The second-order valence-electron chi connectivity index (χ2n) is 5.52. The molecular formula is C17H12N2O4. The third kappa shape index (κ3) is 1.78. The van der Waals surface area contributed by atoms with E-state index in [2.05, 4.69) is 5.32 Å². The molecule has 0 bridgehead atoms. The van der Waals surface area contributed by atoms with E-state index >= 15 is 0 Å². The van der Waals surface area contributed by atoms with Crippen molar-refractivity contribution in [3.05, 3.63) is 59.7 Å². The Morgan fingerprint density at radius 1 is 1.04 bits per heavy atom. The molecule has 0 saturated heterocycles. The number of nitrogens with zero attached hydrogens (tertiary/aromatic N) is 1. The van der Waals surface area contributed by atoms with Crippen LogP contribution in [0.5, 0.6) is 0 Å². The van der Waals surface area contributed by atoms with Crippen LogP contribution in [0.3, 0.4) is 0 Å². The minimum Gasteiger partial charge on any atom is -0.464 e. The number of benzene rings is 2. The highest BCUT2D eigenvalue weighted by atomic mass is 16.4. The van der Waals surface area contributed by atoms with Crippen LogP contribution in [0.1, 0.15) is 21.8 Å². The van der Waals surface area contributed by atoms with Crippen molar-refractivity contribution in [2.75, 3.05) is 10.2 Å². The number of anilines is 2. The summed E-state index contributed by atoms with van der Waals surface area (Å²) in [6.45, 7) is 0. The van der Waals surface area contributed by atoms with Gasteiger partial charge in [-0.3, -0.25) is 9.59 Å². The van der Waals surface area contributed by atoms with E-state index < -0.39 is 24.0 Å². The molecule has 6 heteroatoms. The lowest BCUT2D eigenvalue weighted by Crippen LogP contribution is -2.40. The number of carbonyl (C=O) groups excluding carboxylic acids is 2. The number of ketones is 1. The average molecular weight is 308 g/mol. The molecule has 6 nitrogen and oxygen atoms in total. The Hall–Kier alpha value is -3.15. The van der Waals surface area contributed by atoms with Crippen LogP contribution < -0.4 is 10.2 Å². The van der Waals surface area contributed by atoms with Crippen molar-refractivity contribution in [3.63, 3.8) is 0 Å². The largest absolute Gasteiger partial charge is 0.464 e. The molecule has 4 rings (SSSR count). The van der Waals surface area contributed by atoms with E-state index in [1.165, 1.54) is 0 Å². The standard InChI is InChI=1S/C17H12N2O4/c20-15-9-5-1-3-7-11(9)18-14(15)13-10-6-2-4-8-12(10)19(16(13)21)17(22)23/h1-8,13-14,18H,(H,22,23). The van der Waals surface area contributed by atoms with Gasteiger partial charge in [-0.25, -0.2) is 9.69 Å². The first-order chi connectivity index (χ1) is 11.1. The number of para-hydroxylation sites is 2. The fourth-order valence-corrected chi connectivity index (χ4v) is 3.32. The number of hydrogen-bond acceptors (Lipinski definition) is 4. The maximum absolute atomic E-state index is 12.6. The molecule has 2 amide bonds. The van der Waals surface area contributed by atoms with E-state index in [0.29, 0.717) is 22.5 Å². The van der Waals surface area contributed by atoms with Gasteiger partial charge in [0.15, 0.2) is 5.78 Å². The number of carbonyl (C=O) groups is 3. The van der Waals surface area contributed by atoms with Crippen molar-refractivity contribution in [2.24, 2.45) is 0 Å². The van der Waals surface area contributed by atoms with Crippen molar-refractivity contribution in [1.82, 2.24) is 0 Å². The van der Waals surface area contributed by atoms with Gasteiger partial charge < -0.3 is 10.4 Å². The number of imide groups is 1. The maximum atomic E-state index is 12.6. The third-order valence-electron chi connectivity index (χ3n) is 4.31. The zero-order valence-electron chi connectivity index (χ0n) is 11.9. The van der Waals surface area contributed by atoms with E-state index in [1.807, 2.05) is 0 Å². The minimum absolute atomic E-state index is 0.194. The Bertz CT molecular complexity index is 861. The molecule has 0 saturated carbocycles. The minimum atomic E-state index is -1.34. The predicted octanol–water partition coefficient (Wildman–Crippen LogP) is 2.47. The molecule has 114 valence electrons. The molecule has 0 aliphatic carbocycles. The molecule has 2 aliphatic heterocycles. The van der Waals surface area contributed by atoms with Gasteiger partial charge in [0.25, 0.3) is 0 Å². The topological polar surface area (TPSA) is 86.7 Å². The van der Waals surface area contributed by atoms with Gasteiger partial charge in [-0.2, -0.15) is 0 Å². The predicted molar refractivity (Wildman–Crippen MR) is 82.9 cm³/mol. The Labute approximate surface area is 131 Å². The summed E-state index contributed by atoms with van der Waals surface area (Å²) < 4.78 is 0. The Kier molecular flexibility index (Phi) is 2.74. The monoisotopic (exact) mass is 308 g/mol. The van der Waals surface area contributed by atoms with Gasteiger partial charge in [-0.05, 0) is 23.8 Å². The van der Waals surface area contributed by atoms with Crippen LogP contribution >= 0.6 is 0 Å². The molecule has 0 radical (unpaired) electrons. The molecule has 0 aromatic heterocycles. The van der Waals surface area contributed by atoms with Crippen LogP contribution in [0.4, 0.5) is 16.2 Å². The first kappa shape index (κ1) is 13.5. The van der Waals surface area contributed by atoms with Gasteiger partial charge in [0, 0.05) is 11.3 Å². The number of amides is 2. The number of nitrogens with one attached hydrogen (secondary N) is 1. The molecule has 23 heavy (non-hydrogen) atoms. The summed E-state index contributed by atoms with van der Waals surface area (Å²) in [6, 6.07) is 12.9. The number of carboxylic acid groups (broad SMARTS) is 1. The molecule has 2 N–H and O–H groups in total. The van der Waals surface area contributed by atoms with Crippen LogP contribution in [0.2, 0.25) is 0 Å². The molecule has 2 unspecified atom stereocenters. The molecule has 0 fully saturated rings. The fourth-order valence-electron chi connectivity index (χ4n) is 3.32. The van der Waals surface area contributed by atoms with Crippen LogP contribution in [-0.2, 0) is 4.79 Å². The number of rotatable bonds is 1.